The van der Waals surface area contributed by atoms with Crippen molar-refractivity contribution >= 4 is 39.5 Å². The van der Waals surface area contributed by atoms with Gasteiger partial charge in [-0.15, -0.1) is 0 Å². The second-order valence-electron chi connectivity index (χ2n) is 27.6. The molecule has 0 saturated carbocycles. The van der Waals surface area contributed by atoms with Gasteiger partial charge in [0.05, 0.1) is 26.4 Å². The number of aliphatic hydroxyl groups excluding tert-OH is 1. The van der Waals surface area contributed by atoms with Gasteiger partial charge in [0.15, 0.2) is 12.2 Å². The quantitative estimate of drug-likeness (QED) is 0.0222. The average Bonchev–Trinajstić information content (AvgIpc) is 3.60. The number of hydrogen-bond acceptors (Lipinski definition) is 15. The summed E-state index contributed by atoms with van der Waals surface area (Å²) < 4.78 is 68.4. The molecule has 7 atom stereocenters. The van der Waals surface area contributed by atoms with Crippen LogP contribution in [0.25, 0.3) is 0 Å². The highest BCUT2D eigenvalue weighted by Gasteiger charge is 2.30. The molecule has 552 valence electrons. The van der Waals surface area contributed by atoms with E-state index in [-0.39, 0.29) is 25.7 Å². The van der Waals surface area contributed by atoms with E-state index in [0.717, 1.165) is 108 Å². The molecular formula is C74H144O17P2. The van der Waals surface area contributed by atoms with Crippen molar-refractivity contribution < 1.29 is 80.2 Å². The molecule has 3 N–H and O–H groups in total. The highest BCUT2D eigenvalue weighted by molar-refractivity contribution is 7.47. The second-order valence-corrected chi connectivity index (χ2v) is 30.6. The van der Waals surface area contributed by atoms with Gasteiger partial charge < -0.3 is 33.8 Å². The topological polar surface area (TPSA) is 237 Å². The molecule has 4 unspecified atom stereocenters. The first-order valence-electron chi connectivity index (χ1n) is 38.4. The van der Waals surface area contributed by atoms with Crippen LogP contribution < -0.4 is 0 Å². The first-order chi connectivity index (χ1) is 44.8. The van der Waals surface area contributed by atoms with E-state index in [2.05, 4.69) is 48.5 Å². The fourth-order valence-corrected chi connectivity index (χ4v) is 12.8. The number of phosphoric acid groups is 2. The zero-order valence-corrected chi connectivity index (χ0v) is 62.5. The van der Waals surface area contributed by atoms with Crippen molar-refractivity contribution in [2.45, 2.75) is 394 Å². The van der Waals surface area contributed by atoms with Crippen LogP contribution in [0.1, 0.15) is 376 Å². The van der Waals surface area contributed by atoms with Gasteiger partial charge in [0.1, 0.15) is 19.3 Å². The highest BCUT2D eigenvalue weighted by atomic mass is 31.2. The molecule has 0 aliphatic carbocycles. The fourth-order valence-electron chi connectivity index (χ4n) is 11.2. The molecule has 0 fully saturated rings. The Labute approximate surface area is 568 Å². The minimum Gasteiger partial charge on any atom is -0.462 e. The molecule has 0 aliphatic rings. The number of carbonyl (C=O) groups excluding carboxylic acids is 4. The summed E-state index contributed by atoms with van der Waals surface area (Å²) in [5.74, 6) is 0.238. The first kappa shape index (κ1) is 91.1. The van der Waals surface area contributed by atoms with Crippen LogP contribution in [-0.4, -0.2) is 96.7 Å². The number of phosphoric ester groups is 2. The van der Waals surface area contributed by atoms with E-state index in [1.165, 1.54) is 186 Å². The lowest BCUT2D eigenvalue weighted by Gasteiger charge is -2.21. The van der Waals surface area contributed by atoms with E-state index >= 15 is 0 Å². The van der Waals surface area contributed by atoms with Gasteiger partial charge in [-0.25, -0.2) is 9.13 Å². The smallest absolute Gasteiger partial charge is 0.462 e. The van der Waals surface area contributed by atoms with Crippen LogP contribution in [-0.2, 0) is 65.4 Å². The lowest BCUT2D eigenvalue weighted by atomic mass is 9.99. The van der Waals surface area contributed by atoms with Crippen LogP contribution >= 0.6 is 15.6 Å². The van der Waals surface area contributed by atoms with Gasteiger partial charge >= 0.3 is 39.5 Å². The maximum absolute atomic E-state index is 13.1. The molecule has 17 nitrogen and oxygen atoms in total. The Kier molecular flexibility index (Phi) is 63.4. The monoisotopic (exact) mass is 1370 g/mol. The number of unbranched alkanes of at least 4 members (excludes halogenated alkanes) is 38. The van der Waals surface area contributed by atoms with Crippen molar-refractivity contribution in [2.24, 2.45) is 17.8 Å². The van der Waals surface area contributed by atoms with Crippen LogP contribution in [0.3, 0.4) is 0 Å². The van der Waals surface area contributed by atoms with Crippen molar-refractivity contribution in [1.29, 1.82) is 0 Å². The van der Waals surface area contributed by atoms with Gasteiger partial charge in [-0.05, 0) is 43.4 Å². The molecular weight excluding hydrogens is 1220 g/mol. The van der Waals surface area contributed by atoms with Gasteiger partial charge in [0, 0.05) is 25.7 Å². The Hall–Kier alpha value is -1.94. The van der Waals surface area contributed by atoms with Crippen molar-refractivity contribution in [1.82, 2.24) is 0 Å². The SMILES string of the molecule is CCCCCCCCCCCCCC(=O)OC[C@H](COP(=O)(O)OC[C@H](O)COP(=O)(O)OC[C@@H](COC(=O)CCCCCCCCCCCC(C)C)OC(=O)CCCCCCCCCCCCCCCCC(C)CC)OC(=O)CCCCCCCCCCC(C)CC. The molecule has 0 saturated heterocycles. The van der Waals surface area contributed by atoms with E-state index in [1.54, 1.807) is 0 Å². The number of ether oxygens (including phenoxy) is 4. The third kappa shape index (κ3) is 65.8. The molecule has 0 spiro atoms. The summed E-state index contributed by atoms with van der Waals surface area (Å²) in [4.78, 5) is 72.7. The maximum Gasteiger partial charge on any atom is 0.472 e. The van der Waals surface area contributed by atoms with Gasteiger partial charge in [-0.2, -0.15) is 0 Å². The fraction of sp³-hybridized carbons (Fsp3) is 0.946. The minimum atomic E-state index is -4.96. The van der Waals surface area contributed by atoms with E-state index in [1.807, 2.05) is 0 Å². The predicted octanol–water partition coefficient (Wildman–Crippen LogP) is 21.4. The number of hydrogen-bond donors (Lipinski definition) is 3. The number of esters is 4. The van der Waals surface area contributed by atoms with Crippen molar-refractivity contribution in [3.63, 3.8) is 0 Å². The Morgan fingerprint density at radius 2 is 0.548 bits per heavy atom. The molecule has 19 heteroatoms. The summed E-state index contributed by atoms with van der Waals surface area (Å²) in [5.41, 5.74) is 0. The third-order valence-corrected chi connectivity index (χ3v) is 19.8. The van der Waals surface area contributed by atoms with Crippen molar-refractivity contribution in [2.75, 3.05) is 39.6 Å². The van der Waals surface area contributed by atoms with Crippen LogP contribution in [0, 0.1) is 17.8 Å². The molecule has 0 aromatic carbocycles. The zero-order valence-electron chi connectivity index (χ0n) is 60.7. The van der Waals surface area contributed by atoms with Gasteiger partial charge in [-0.3, -0.25) is 37.3 Å². The summed E-state index contributed by atoms with van der Waals surface area (Å²) in [5, 5.41) is 10.6. The summed E-state index contributed by atoms with van der Waals surface area (Å²) in [6.45, 7) is 11.9. The summed E-state index contributed by atoms with van der Waals surface area (Å²) in [6.07, 6.45) is 49.8. The Morgan fingerprint density at radius 3 is 0.817 bits per heavy atom. The zero-order chi connectivity index (χ0) is 68.7. The summed E-state index contributed by atoms with van der Waals surface area (Å²) in [7, 11) is -9.91. The van der Waals surface area contributed by atoms with Crippen LogP contribution in [0.4, 0.5) is 0 Å². The third-order valence-electron chi connectivity index (χ3n) is 17.9. The largest absolute Gasteiger partial charge is 0.472 e. The average molecular weight is 1370 g/mol. The minimum absolute atomic E-state index is 0.105. The van der Waals surface area contributed by atoms with Gasteiger partial charge in [-0.1, -0.05) is 325 Å². The van der Waals surface area contributed by atoms with Gasteiger partial charge in [0.2, 0.25) is 0 Å². The Bertz CT molecular complexity index is 1820. The molecule has 0 radical (unpaired) electrons. The first-order valence-corrected chi connectivity index (χ1v) is 41.4. The predicted molar refractivity (Wildman–Crippen MR) is 377 cm³/mol. The molecule has 0 aromatic heterocycles. The molecule has 0 amide bonds. The molecule has 0 aromatic rings. The van der Waals surface area contributed by atoms with E-state index in [0.29, 0.717) is 25.7 Å². The number of aliphatic hydroxyl groups is 1. The summed E-state index contributed by atoms with van der Waals surface area (Å²) >= 11 is 0. The molecule has 0 heterocycles. The number of carbonyl (C=O) groups is 4. The van der Waals surface area contributed by atoms with Crippen LogP contribution in [0.15, 0.2) is 0 Å². The van der Waals surface area contributed by atoms with Gasteiger partial charge in [0.25, 0.3) is 0 Å². The van der Waals surface area contributed by atoms with E-state index in [4.69, 9.17) is 37.0 Å². The molecule has 93 heavy (non-hydrogen) atoms. The van der Waals surface area contributed by atoms with Crippen molar-refractivity contribution in [3.05, 3.63) is 0 Å². The normalized spacial score (nSPS) is 14.7. The lowest BCUT2D eigenvalue weighted by Crippen LogP contribution is -2.30. The second kappa shape index (κ2) is 64.7. The van der Waals surface area contributed by atoms with Crippen LogP contribution in [0.2, 0.25) is 0 Å². The van der Waals surface area contributed by atoms with Crippen molar-refractivity contribution in [3.8, 4) is 0 Å². The standard InChI is InChI=1S/C74H144O17P2/c1-8-11-12-13-14-15-20-26-34-41-48-55-71(76)84-62-70(91-74(79)58-51-44-37-30-29-33-40-47-54-67(7)10-3)64-89-93(82,83)87-60-68(75)59-86-92(80,81)88-63-69(61-85-72(77)56-49-42-35-28-23-24-31-38-45-52-65(4)5)90-73(78)57-50-43-36-27-22-19-17-16-18-21-25-32-39-46-53-66(6)9-2/h65-70,75H,8-64H2,1-7H3,(H,80,81)(H,82,83)/t66?,67?,68-,69-,70-/m1/s1. The molecule has 0 rings (SSSR count). The lowest BCUT2D eigenvalue weighted by molar-refractivity contribution is -0.161. The number of rotatable bonds is 72. The van der Waals surface area contributed by atoms with Crippen LogP contribution in [0.5, 0.6) is 0 Å². The highest BCUT2D eigenvalue weighted by Crippen LogP contribution is 2.45. The maximum atomic E-state index is 13.1. The Morgan fingerprint density at radius 1 is 0.312 bits per heavy atom. The van der Waals surface area contributed by atoms with E-state index < -0.39 is 97.5 Å². The summed E-state index contributed by atoms with van der Waals surface area (Å²) in [6, 6.07) is 0. The Balaban J connectivity index is 5.25. The molecule has 0 aliphatic heterocycles. The van der Waals surface area contributed by atoms with E-state index in [9.17, 15) is 43.2 Å². The molecule has 0 bridgehead atoms.